The fourth-order valence-corrected chi connectivity index (χ4v) is 4.38. The predicted octanol–water partition coefficient (Wildman–Crippen LogP) is 5.74. The molecule has 0 N–H and O–H groups in total. The van der Waals surface area contributed by atoms with E-state index < -0.39 is 23.3 Å². The molecule has 1 fully saturated rings. The van der Waals surface area contributed by atoms with Gasteiger partial charge in [0.15, 0.2) is 23.3 Å². The third kappa shape index (κ3) is 3.27. The van der Waals surface area contributed by atoms with E-state index in [0.29, 0.717) is 30.6 Å². The number of rotatable bonds is 3. The average Bonchev–Trinajstić information content (AvgIpc) is 3.01. The van der Waals surface area contributed by atoms with Crippen molar-refractivity contribution in [2.24, 2.45) is 5.92 Å². The molecule has 0 amide bonds. The lowest BCUT2D eigenvalue weighted by Crippen LogP contribution is -2.22. The van der Waals surface area contributed by atoms with E-state index in [1.54, 1.807) is 6.07 Å². The molecule has 4 rings (SSSR count). The number of hydrogen-bond acceptors (Lipinski definition) is 2. The SMILES string of the molecule is Cc1cc2c(c(F)c1F)-c1c(cc(CCC3CCC(S)OC3)c(F)c1F)C2. The van der Waals surface area contributed by atoms with Crippen LogP contribution in [0.3, 0.4) is 0 Å². The third-order valence-electron chi connectivity index (χ3n) is 5.63. The maximum Gasteiger partial charge on any atom is 0.167 e. The molecular weight excluding hydrogens is 376 g/mol. The first-order valence-electron chi connectivity index (χ1n) is 9.14. The Balaban J connectivity index is 1.63. The van der Waals surface area contributed by atoms with Crippen molar-refractivity contribution in [3.8, 4) is 11.1 Å². The van der Waals surface area contributed by atoms with E-state index in [1.165, 1.54) is 13.0 Å². The standard InChI is InChI=1S/C21H20F4OS/c1-10-6-13-8-14-7-12(4-2-11-3-5-15(27)26-9-11)19(23)21(25)17(14)16(13)20(24)18(10)22/h6-7,11,15,27H,2-5,8-9H2,1H3. The monoisotopic (exact) mass is 396 g/mol. The van der Waals surface area contributed by atoms with Gasteiger partial charge in [-0.25, -0.2) is 17.6 Å². The molecule has 0 aromatic heterocycles. The summed E-state index contributed by atoms with van der Waals surface area (Å²) in [5, 5.41) is 0. The Kier molecular flexibility index (Phi) is 4.97. The zero-order valence-electron chi connectivity index (χ0n) is 14.9. The Morgan fingerprint density at radius 2 is 1.63 bits per heavy atom. The van der Waals surface area contributed by atoms with Crippen LogP contribution >= 0.6 is 12.6 Å². The van der Waals surface area contributed by atoms with Gasteiger partial charge >= 0.3 is 0 Å². The van der Waals surface area contributed by atoms with Crippen molar-refractivity contribution in [1.82, 2.24) is 0 Å². The highest BCUT2D eigenvalue weighted by molar-refractivity contribution is 7.80. The van der Waals surface area contributed by atoms with Crippen LogP contribution in [0, 0.1) is 36.1 Å². The van der Waals surface area contributed by atoms with Crippen molar-refractivity contribution in [3.63, 3.8) is 0 Å². The molecule has 1 heterocycles. The lowest BCUT2D eigenvalue weighted by atomic mass is 9.92. The molecule has 0 bridgehead atoms. The van der Waals surface area contributed by atoms with Crippen LogP contribution < -0.4 is 0 Å². The molecule has 0 radical (unpaired) electrons. The zero-order chi connectivity index (χ0) is 19.3. The van der Waals surface area contributed by atoms with Gasteiger partial charge in [0.25, 0.3) is 0 Å². The Hall–Kier alpha value is -1.53. The van der Waals surface area contributed by atoms with Crippen LogP contribution in [0.1, 0.15) is 41.5 Å². The number of fused-ring (bicyclic) bond motifs is 3. The molecular formula is C21H20F4OS. The van der Waals surface area contributed by atoms with Gasteiger partial charge in [0.1, 0.15) is 0 Å². The molecule has 2 aliphatic rings. The van der Waals surface area contributed by atoms with E-state index >= 15 is 0 Å². The summed E-state index contributed by atoms with van der Waals surface area (Å²) >= 11 is 4.27. The van der Waals surface area contributed by atoms with E-state index in [9.17, 15) is 17.6 Å². The van der Waals surface area contributed by atoms with Crippen molar-refractivity contribution in [3.05, 3.63) is 57.7 Å². The van der Waals surface area contributed by atoms with Gasteiger partial charge < -0.3 is 4.74 Å². The average molecular weight is 396 g/mol. The number of hydrogen-bond donors (Lipinski definition) is 1. The maximum atomic E-state index is 14.8. The van der Waals surface area contributed by atoms with Crippen LogP contribution in [0.25, 0.3) is 11.1 Å². The molecule has 2 aromatic rings. The summed E-state index contributed by atoms with van der Waals surface area (Å²) in [6.07, 6.45) is 3.13. The molecule has 0 saturated carbocycles. The van der Waals surface area contributed by atoms with Crippen LogP contribution in [-0.2, 0) is 17.6 Å². The van der Waals surface area contributed by atoms with Gasteiger partial charge in [-0.3, -0.25) is 0 Å². The van der Waals surface area contributed by atoms with Crippen LogP contribution in [-0.4, -0.2) is 12.0 Å². The summed E-state index contributed by atoms with van der Waals surface area (Å²) in [7, 11) is 0. The van der Waals surface area contributed by atoms with Crippen LogP contribution in [0.4, 0.5) is 17.6 Å². The van der Waals surface area contributed by atoms with Crippen molar-refractivity contribution < 1.29 is 22.3 Å². The highest BCUT2D eigenvalue weighted by Crippen LogP contribution is 2.43. The Morgan fingerprint density at radius 3 is 2.30 bits per heavy atom. The first-order chi connectivity index (χ1) is 12.9. The van der Waals surface area contributed by atoms with E-state index in [2.05, 4.69) is 12.6 Å². The lowest BCUT2D eigenvalue weighted by molar-refractivity contribution is 0.0322. The Morgan fingerprint density at radius 1 is 0.963 bits per heavy atom. The third-order valence-corrected chi connectivity index (χ3v) is 6.04. The molecule has 144 valence electrons. The highest BCUT2D eigenvalue weighted by atomic mass is 32.1. The highest BCUT2D eigenvalue weighted by Gasteiger charge is 2.31. The second-order valence-electron chi connectivity index (χ2n) is 7.50. The number of halogens is 4. The normalized spacial score (nSPS) is 21.3. The van der Waals surface area contributed by atoms with Gasteiger partial charge in [-0.2, -0.15) is 0 Å². The fraction of sp³-hybridized carbons (Fsp3) is 0.429. The minimum absolute atomic E-state index is 0.0484. The second kappa shape index (κ2) is 7.13. The van der Waals surface area contributed by atoms with Crippen molar-refractivity contribution >= 4 is 12.6 Å². The Labute approximate surface area is 161 Å². The van der Waals surface area contributed by atoms with Gasteiger partial charge in [-0.1, -0.05) is 12.1 Å². The second-order valence-corrected chi connectivity index (χ2v) is 8.08. The first kappa shape index (κ1) is 18.8. The molecule has 1 nitrogen and oxygen atoms in total. The number of ether oxygens (including phenoxy) is 1. The minimum Gasteiger partial charge on any atom is -0.368 e. The molecule has 0 spiro atoms. The minimum atomic E-state index is -1.10. The smallest absolute Gasteiger partial charge is 0.167 e. The summed E-state index contributed by atoms with van der Waals surface area (Å²) in [5.74, 6) is -3.87. The van der Waals surface area contributed by atoms with Crippen LogP contribution in [0.5, 0.6) is 0 Å². The summed E-state index contributed by atoms with van der Waals surface area (Å²) in [4.78, 5) is 0. The topological polar surface area (TPSA) is 9.23 Å². The number of thiol groups is 1. The predicted molar refractivity (Wildman–Crippen MR) is 99.0 cm³/mol. The molecule has 2 unspecified atom stereocenters. The summed E-state index contributed by atoms with van der Waals surface area (Å²) in [6, 6.07) is 3.11. The Bertz CT molecular complexity index is 904. The summed E-state index contributed by atoms with van der Waals surface area (Å²) < 4.78 is 63.3. The summed E-state index contributed by atoms with van der Waals surface area (Å²) in [6.45, 7) is 2.03. The van der Waals surface area contributed by atoms with Gasteiger partial charge in [-0.05, 0) is 67.2 Å². The first-order valence-corrected chi connectivity index (χ1v) is 9.65. The molecule has 1 saturated heterocycles. The molecule has 2 atom stereocenters. The quantitative estimate of drug-likeness (QED) is 0.439. The van der Waals surface area contributed by atoms with E-state index in [4.69, 9.17) is 4.74 Å². The number of benzene rings is 2. The van der Waals surface area contributed by atoms with E-state index in [-0.39, 0.29) is 40.0 Å². The number of aryl methyl sites for hydroxylation is 2. The molecule has 1 aliphatic heterocycles. The largest absolute Gasteiger partial charge is 0.368 e. The van der Waals surface area contributed by atoms with Crippen molar-refractivity contribution in [2.75, 3.05) is 6.61 Å². The van der Waals surface area contributed by atoms with Gasteiger partial charge in [0.05, 0.1) is 12.0 Å². The maximum absolute atomic E-state index is 14.8. The van der Waals surface area contributed by atoms with Crippen LogP contribution in [0.15, 0.2) is 12.1 Å². The van der Waals surface area contributed by atoms with Gasteiger partial charge in [0, 0.05) is 11.1 Å². The lowest BCUT2D eigenvalue weighted by Gasteiger charge is -2.26. The van der Waals surface area contributed by atoms with Gasteiger partial charge in [0.2, 0.25) is 0 Å². The van der Waals surface area contributed by atoms with Crippen molar-refractivity contribution in [2.45, 2.75) is 44.5 Å². The molecule has 27 heavy (non-hydrogen) atoms. The zero-order valence-corrected chi connectivity index (χ0v) is 15.8. The van der Waals surface area contributed by atoms with E-state index in [1.807, 2.05) is 0 Å². The van der Waals surface area contributed by atoms with Crippen LogP contribution in [0.2, 0.25) is 0 Å². The molecule has 2 aromatic carbocycles. The molecule has 6 heteroatoms. The fourth-order valence-electron chi connectivity index (χ4n) is 4.14. The summed E-state index contributed by atoms with van der Waals surface area (Å²) in [5.41, 5.74) is 1.13. The van der Waals surface area contributed by atoms with E-state index in [0.717, 1.165) is 12.8 Å². The van der Waals surface area contributed by atoms with Crippen molar-refractivity contribution in [1.29, 1.82) is 0 Å². The molecule has 1 aliphatic carbocycles. The van der Waals surface area contributed by atoms with Gasteiger partial charge in [-0.15, -0.1) is 12.6 Å².